The zero-order valence-corrected chi connectivity index (χ0v) is 17.5. The Labute approximate surface area is 175 Å². The third-order valence-electron chi connectivity index (χ3n) is 4.41. The van der Waals surface area contributed by atoms with E-state index in [1.165, 1.54) is 14.2 Å². The SMILES string of the molecule is CCC(C)CC(OOC(=O)c1ccc(OC)cc1)OOC(=O)c1ccc(OC)cc1. The minimum Gasteiger partial charge on any atom is -0.497 e. The van der Waals surface area contributed by atoms with Gasteiger partial charge in [0.1, 0.15) is 11.5 Å². The molecule has 0 bridgehead atoms. The number of rotatable bonds is 11. The molecule has 1 unspecified atom stereocenters. The van der Waals surface area contributed by atoms with E-state index in [2.05, 4.69) is 0 Å². The molecule has 0 aromatic heterocycles. The van der Waals surface area contributed by atoms with Gasteiger partial charge in [-0.15, -0.1) is 9.78 Å². The minimum absolute atomic E-state index is 0.175. The first-order chi connectivity index (χ1) is 14.5. The van der Waals surface area contributed by atoms with Crippen molar-refractivity contribution in [2.75, 3.05) is 14.2 Å². The Balaban J connectivity index is 1.93. The van der Waals surface area contributed by atoms with E-state index in [0.29, 0.717) is 17.9 Å². The average molecular weight is 418 g/mol. The highest BCUT2D eigenvalue weighted by Gasteiger charge is 2.21. The lowest BCUT2D eigenvalue weighted by Gasteiger charge is -2.18. The molecule has 0 fully saturated rings. The topological polar surface area (TPSA) is 89.5 Å². The Bertz CT molecular complexity index is 737. The lowest BCUT2D eigenvalue weighted by molar-refractivity contribution is -0.423. The molecule has 0 saturated heterocycles. The van der Waals surface area contributed by atoms with Crippen molar-refractivity contribution in [1.29, 1.82) is 0 Å². The fourth-order valence-electron chi connectivity index (χ4n) is 2.33. The molecule has 0 heterocycles. The standard InChI is InChI=1S/C22H26O8/c1-5-15(2)14-20(27-29-21(23)16-6-10-18(25-3)11-7-16)28-30-22(24)17-8-12-19(26-4)13-9-17/h6-13,15,20H,5,14H2,1-4H3. The van der Waals surface area contributed by atoms with Crippen molar-refractivity contribution < 1.29 is 38.6 Å². The summed E-state index contributed by atoms with van der Waals surface area (Å²) in [6, 6.07) is 12.7. The normalized spacial score (nSPS) is 11.6. The molecule has 2 rings (SSSR count). The lowest BCUT2D eigenvalue weighted by Crippen LogP contribution is -2.24. The number of hydrogen-bond donors (Lipinski definition) is 0. The fourth-order valence-corrected chi connectivity index (χ4v) is 2.33. The Morgan fingerprint density at radius 3 is 1.50 bits per heavy atom. The molecule has 0 radical (unpaired) electrons. The number of carbonyl (C=O) groups is 2. The Kier molecular flexibility index (Phi) is 9.11. The van der Waals surface area contributed by atoms with E-state index < -0.39 is 18.2 Å². The number of methoxy groups -OCH3 is 2. The fraction of sp³-hybridized carbons (Fsp3) is 0.364. The highest BCUT2D eigenvalue weighted by molar-refractivity contribution is 5.89. The van der Waals surface area contributed by atoms with E-state index in [-0.39, 0.29) is 17.0 Å². The van der Waals surface area contributed by atoms with Crippen LogP contribution in [0.15, 0.2) is 48.5 Å². The smallest absolute Gasteiger partial charge is 0.373 e. The van der Waals surface area contributed by atoms with Gasteiger partial charge in [-0.2, -0.15) is 0 Å². The van der Waals surface area contributed by atoms with Crippen LogP contribution in [0.1, 0.15) is 47.4 Å². The molecule has 0 aliphatic rings. The maximum atomic E-state index is 12.2. The molecule has 2 aromatic carbocycles. The van der Waals surface area contributed by atoms with Gasteiger partial charge in [-0.3, -0.25) is 9.78 Å². The van der Waals surface area contributed by atoms with Crippen molar-refractivity contribution in [1.82, 2.24) is 0 Å². The van der Waals surface area contributed by atoms with Gasteiger partial charge in [-0.1, -0.05) is 20.3 Å². The van der Waals surface area contributed by atoms with Gasteiger partial charge in [0.25, 0.3) is 0 Å². The quantitative estimate of drug-likeness (QED) is 0.302. The van der Waals surface area contributed by atoms with Gasteiger partial charge in [0.2, 0.25) is 6.29 Å². The highest BCUT2D eigenvalue weighted by Crippen LogP contribution is 2.18. The summed E-state index contributed by atoms with van der Waals surface area (Å²) >= 11 is 0. The molecule has 8 heteroatoms. The monoisotopic (exact) mass is 418 g/mol. The summed E-state index contributed by atoms with van der Waals surface area (Å²) in [6.07, 6.45) is 0.106. The summed E-state index contributed by atoms with van der Waals surface area (Å²) < 4.78 is 10.1. The zero-order valence-electron chi connectivity index (χ0n) is 17.5. The highest BCUT2D eigenvalue weighted by atomic mass is 17.3. The van der Waals surface area contributed by atoms with Crippen molar-refractivity contribution in [3.8, 4) is 11.5 Å². The van der Waals surface area contributed by atoms with E-state index in [0.717, 1.165) is 6.42 Å². The summed E-state index contributed by atoms with van der Waals surface area (Å²) in [4.78, 5) is 44.3. The van der Waals surface area contributed by atoms with Crippen LogP contribution in [0.5, 0.6) is 11.5 Å². The predicted octanol–water partition coefficient (Wildman–Crippen LogP) is 4.34. The van der Waals surface area contributed by atoms with Crippen LogP contribution in [0.4, 0.5) is 0 Å². The summed E-state index contributed by atoms with van der Waals surface area (Å²) in [5.74, 6) is -0.0325. The number of carbonyl (C=O) groups excluding carboxylic acids is 2. The number of ether oxygens (including phenoxy) is 2. The maximum absolute atomic E-state index is 12.2. The second-order valence-corrected chi connectivity index (χ2v) is 6.57. The van der Waals surface area contributed by atoms with Crippen LogP contribution in [0.2, 0.25) is 0 Å². The maximum Gasteiger partial charge on any atom is 0.373 e. The Morgan fingerprint density at radius 1 is 0.767 bits per heavy atom. The van der Waals surface area contributed by atoms with Crippen molar-refractivity contribution >= 4 is 11.9 Å². The van der Waals surface area contributed by atoms with Crippen LogP contribution in [0.25, 0.3) is 0 Å². The third kappa shape index (κ3) is 7.06. The van der Waals surface area contributed by atoms with Gasteiger partial charge in [0.05, 0.1) is 25.3 Å². The van der Waals surface area contributed by atoms with Crippen LogP contribution in [-0.4, -0.2) is 32.4 Å². The summed E-state index contributed by atoms with van der Waals surface area (Å²) in [5.41, 5.74) is 0.543. The van der Waals surface area contributed by atoms with Gasteiger partial charge >= 0.3 is 11.9 Å². The lowest BCUT2D eigenvalue weighted by atomic mass is 10.1. The van der Waals surface area contributed by atoms with Crippen LogP contribution >= 0.6 is 0 Å². The first kappa shape index (κ1) is 23.2. The number of benzene rings is 2. The van der Waals surface area contributed by atoms with E-state index in [9.17, 15) is 9.59 Å². The molecule has 0 saturated carbocycles. The van der Waals surface area contributed by atoms with Crippen molar-refractivity contribution in [2.45, 2.75) is 33.0 Å². The van der Waals surface area contributed by atoms with Crippen molar-refractivity contribution in [3.05, 3.63) is 59.7 Å². The van der Waals surface area contributed by atoms with E-state index >= 15 is 0 Å². The second kappa shape index (κ2) is 11.8. The summed E-state index contributed by atoms with van der Waals surface area (Å²) in [6.45, 7) is 3.96. The van der Waals surface area contributed by atoms with Crippen molar-refractivity contribution in [2.24, 2.45) is 5.92 Å². The van der Waals surface area contributed by atoms with Crippen LogP contribution in [0.3, 0.4) is 0 Å². The molecule has 0 aliphatic carbocycles. The zero-order chi connectivity index (χ0) is 21.9. The predicted molar refractivity (Wildman–Crippen MR) is 107 cm³/mol. The van der Waals surface area contributed by atoms with Gasteiger partial charge in [0.15, 0.2) is 0 Å². The van der Waals surface area contributed by atoms with Gasteiger partial charge in [-0.25, -0.2) is 9.59 Å². The first-order valence-corrected chi connectivity index (χ1v) is 9.50. The van der Waals surface area contributed by atoms with E-state index in [1.54, 1.807) is 48.5 Å². The van der Waals surface area contributed by atoms with Gasteiger partial charge in [-0.05, 0) is 54.4 Å². The molecule has 8 nitrogen and oxygen atoms in total. The van der Waals surface area contributed by atoms with Crippen LogP contribution in [-0.2, 0) is 19.6 Å². The molecular weight excluding hydrogens is 392 g/mol. The molecule has 0 aliphatic heterocycles. The molecule has 30 heavy (non-hydrogen) atoms. The van der Waals surface area contributed by atoms with Crippen LogP contribution < -0.4 is 9.47 Å². The molecule has 162 valence electrons. The second-order valence-electron chi connectivity index (χ2n) is 6.57. The molecule has 0 spiro atoms. The summed E-state index contributed by atoms with van der Waals surface area (Å²) in [7, 11) is 3.06. The minimum atomic E-state index is -1.08. The van der Waals surface area contributed by atoms with Crippen LogP contribution in [0, 0.1) is 5.92 Å². The van der Waals surface area contributed by atoms with Gasteiger partial charge in [0, 0.05) is 6.42 Å². The molecule has 2 aromatic rings. The van der Waals surface area contributed by atoms with Crippen molar-refractivity contribution in [3.63, 3.8) is 0 Å². The van der Waals surface area contributed by atoms with E-state index in [1.807, 2.05) is 13.8 Å². The average Bonchev–Trinajstić information content (AvgIpc) is 2.80. The Hall–Kier alpha value is -3.10. The molecule has 0 N–H and O–H groups in total. The number of hydrogen-bond acceptors (Lipinski definition) is 8. The first-order valence-electron chi connectivity index (χ1n) is 9.50. The van der Waals surface area contributed by atoms with Gasteiger partial charge < -0.3 is 9.47 Å². The molecule has 0 amide bonds. The summed E-state index contributed by atoms with van der Waals surface area (Å²) in [5, 5.41) is 0. The third-order valence-corrected chi connectivity index (χ3v) is 4.41. The largest absolute Gasteiger partial charge is 0.497 e. The van der Waals surface area contributed by atoms with E-state index in [4.69, 9.17) is 29.0 Å². The molecule has 1 atom stereocenters. The molecular formula is C22H26O8. The Morgan fingerprint density at radius 2 is 1.17 bits per heavy atom.